The van der Waals surface area contributed by atoms with Gasteiger partial charge in [-0.25, -0.2) is 4.79 Å². The smallest absolute Gasteiger partial charge is 0.354 e. The van der Waals surface area contributed by atoms with Crippen molar-refractivity contribution in [2.24, 2.45) is 0 Å². The average molecular weight is 225 g/mol. The number of nitrogens with one attached hydrogen (secondary N) is 1. The lowest BCUT2D eigenvalue weighted by Crippen LogP contribution is -2.15. The number of aromatic amines is 1. The minimum atomic E-state index is -0.679. The minimum Gasteiger partial charge on any atom is -0.469 e. The molecule has 6 heteroatoms. The molecule has 1 aromatic heterocycles. The van der Waals surface area contributed by atoms with Gasteiger partial charge in [0.05, 0.1) is 13.5 Å². The molecule has 6 nitrogen and oxygen atoms in total. The SMILES string of the molecule is COC(=O)CCOC(=O)c1cccc(=O)[nH]1. The lowest BCUT2D eigenvalue weighted by Gasteiger charge is -2.03. The first kappa shape index (κ1) is 12.0. The highest BCUT2D eigenvalue weighted by Crippen LogP contribution is 1.96. The van der Waals surface area contributed by atoms with Gasteiger partial charge in [0.1, 0.15) is 12.3 Å². The molecular weight excluding hydrogens is 214 g/mol. The van der Waals surface area contributed by atoms with Gasteiger partial charge in [-0.1, -0.05) is 6.07 Å². The van der Waals surface area contributed by atoms with Crippen LogP contribution in [0.1, 0.15) is 16.9 Å². The Labute approximate surface area is 91.2 Å². The van der Waals surface area contributed by atoms with Crippen molar-refractivity contribution in [2.75, 3.05) is 13.7 Å². The van der Waals surface area contributed by atoms with Crippen LogP contribution in [0.25, 0.3) is 0 Å². The van der Waals surface area contributed by atoms with Crippen LogP contribution >= 0.6 is 0 Å². The van der Waals surface area contributed by atoms with E-state index >= 15 is 0 Å². The summed E-state index contributed by atoms with van der Waals surface area (Å²) < 4.78 is 9.11. The summed E-state index contributed by atoms with van der Waals surface area (Å²) in [5.41, 5.74) is -0.334. The predicted molar refractivity (Wildman–Crippen MR) is 54.0 cm³/mol. The molecule has 0 saturated carbocycles. The number of hydrogen-bond donors (Lipinski definition) is 1. The maximum Gasteiger partial charge on any atom is 0.354 e. The average Bonchev–Trinajstić information content (AvgIpc) is 2.28. The van der Waals surface area contributed by atoms with E-state index in [-0.39, 0.29) is 24.3 Å². The molecule has 0 fully saturated rings. The Bertz CT molecular complexity index is 437. The van der Waals surface area contributed by atoms with Gasteiger partial charge in [-0.3, -0.25) is 9.59 Å². The van der Waals surface area contributed by atoms with Gasteiger partial charge < -0.3 is 14.5 Å². The lowest BCUT2D eigenvalue weighted by molar-refractivity contribution is -0.141. The third kappa shape index (κ3) is 3.56. The molecule has 1 heterocycles. The van der Waals surface area contributed by atoms with Crippen LogP contribution < -0.4 is 5.56 Å². The van der Waals surface area contributed by atoms with Crippen LogP contribution in [0.15, 0.2) is 23.0 Å². The van der Waals surface area contributed by atoms with E-state index in [9.17, 15) is 14.4 Å². The molecule has 0 saturated heterocycles. The first-order valence-corrected chi connectivity index (χ1v) is 4.57. The number of carbonyl (C=O) groups excluding carboxylic acids is 2. The number of H-pyrrole nitrogens is 1. The van der Waals surface area contributed by atoms with E-state index in [0.717, 1.165) is 0 Å². The standard InChI is InChI=1S/C10H11NO5/c1-15-9(13)5-6-16-10(14)7-3-2-4-8(12)11-7/h2-4H,5-6H2,1H3,(H,11,12). The molecule has 16 heavy (non-hydrogen) atoms. The van der Waals surface area contributed by atoms with E-state index in [4.69, 9.17) is 4.74 Å². The first-order chi connectivity index (χ1) is 7.63. The zero-order valence-corrected chi connectivity index (χ0v) is 8.69. The normalized spacial score (nSPS) is 9.56. The molecule has 1 rings (SSSR count). The Kier molecular flexibility index (Phi) is 4.26. The summed E-state index contributed by atoms with van der Waals surface area (Å²) in [7, 11) is 1.25. The number of methoxy groups -OCH3 is 1. The highest BCUT2D eigenvalue weighted by molar-refractivity contribution is 5.87. The van der Waals surface area contributed by atoms with Crippen LogP contribution in [0.2, 0.25) is 0 Å². The molecule has 1 aromatic rings. The van der Waals surface area contributed by atoms with Crippen molar-refractivity contribution in [1.82, 2.24) is 4.98 Å². The van der Waals surface area contributed by atoms with Crippen LogP contribution in [0.4, 0.5) is 0 Å². The highest BCUT2D eigenvalue weighted by Gasteiger charge is 2.08. The number of aromatic nitrogens is 1. The van der Waals surface area contributed by atoms with E-state index in [1.807, 2.05) is 0 Å². The first-order valence-electron chi connectivity index (χ1n) is 4.57. The van der Waals surface area contributed by atoms with Crippen molar-refractivity contribution >= 4 is 11.9 Å². The molecule has 0 aliphatic carbocycles. The lowest BCUT2D eigenvalue weighted by atomic mass is 10.3. The third-order valence-corrected chi connectivity index (χ3v) is 1.76. The zero-order chi connectivity index (χ0) is 12.0. The van der Waals surface area contributed by atoms with E-state index < -0.39 is 11.9 Å². The topological polar surface area (TPSA) is 85.5 Å². The fourth-order valence-corrected chi connectivity index (χ4v) is 0.974. The number of pyridine rings is 1. The fraction of sp³-hybridized carbons (Fsp3) is 0.300. The van der Waals surface area contributed by atoms with Crippen molar-refractivity contribution in [3.63, 3.8) is 0 Å². The van der Waals surface area contributed by atoms with Crippen molar-refractivity contribution in [3.05, 3.63) is 34.2 Å². The summed E-state index contributed by atoms with van der Waals surface area (Å²) in [6.45, 7) is -0.0809. The third-order valence-electron chi connectivity index (χ3n) is 1.76. The van der Waals surface area contributed by atoms with Gasteiger partial charge in [0.15, 0.2) is 0 Å². The Hall–Kier alpha value is -2.11. The maximum absolute atomic E-state index is 11.3. The van der Waals surface area contributed by atoms with Gasteiger partial charge in [0, 0.05) is 6.07 Å². The molecular formula is C10H11NO5. The van der Waals surface area contributed by atoms with Crippen LogP contribution in [0, 0.1) is 0 Å². The fourth-order valence-electron chi connectivity index (χ4n) is 0.974. The van der Waals surface area contributed by atoms with Crippen molar-refractivity contribution in [3.8, 4) is 0 Å². The number of ether oxygens (including phenoxy) is 2. The van der Waals surface area contributed by atoms with Gasteiger partial charge in [0.25, 0.3) is 0 Å². The van der Waals surface area contributed by atoms with Crippen LogP contribution in [0.5, 0.6) is 0 Å². The number of rotatable bonds is 4. The quantitative estimate of drug-likeness (QED) is 0.734. The highest BCUT2D eigenvalue weighted by atomic mass is 16.5. The molecule has 0 spiro atoms. The van der Waals surface area contributed by atoms with E-state index in [1.165, 1.54) is 25.3 Å². The predicted octanol–water partition coefficient (Wildman–Crippen LogP) is 0.0948. The van der Waals surface area contributed by atoms with Gasteiger partial charge in [0.2, 0.25) is 5.56 Å². The second-order valence-electron chi connectivity index (χ2n) is 2.89. The van der Waals surface area contributed by atoms with Gasteiger partial charge in [-0.15, -0.1) is 0 Å². The van der Waals surface area contributed by atoms with E-state index in [1.54, 1.807) is 0 Å². The molecule has 1 N–H and O–H groups in total. The molecule has 0 atom stereocenters. The summed E-state index contributed by atoms with van der Waals surface area (Å²) in [4.78, 5) is 35.2. The number of esters is 2. The van der Waals surface area contributed by atoms with Crippen molar-refractivity contribution in [1.29, 1.82) is 0 Å². The molecule has 0 amide bonds. The number of hydrogen-bond acceptors (Lipinski definition) is 5. The molecule has 0 bridgehead atoms. The Morgan fingerprint density at radius 2 is 2.12 bits per heavy atom. The van der Waals surface area contributed by atoms with E-state index in [2.05, 4.69) is 9.72 Å². The van der Waals surface area contributed by atoms with Crippen molar-refractivity contribution < 1.29 is 19.1 Å². The maximum atomic E-state index is 11.3. The summed E-state index contributed by atoms with van der Waals surface area (Å²) in [5.74, 6) is -1.14. The van der Waals surface area contributed by atoms with Crippen LogP contribution in [-0.2, 0) is 14.3 Å². The zero-order valence-electron chi connectivity index (χ0n) is 8.69. The molecule has 0 radical (unpaired) electrons. The summed E-state index contributed by atoms with van der Waals surface area (Å²) in [5, 5.41) is 0. The Balaban J connectivity index is 2.47. The van der Waals surface area contributed by atoms with Gasteiger partial charge >= 0.3 is 11.9 Å². The van der Waals surface area contributed by atoms with Crippen molar-refractivity contribution in [2.45, 2.75) is 6.42 Å². The molecule has 0 aliphatic rings. The molecule has 0 unspecified atom stereocenters. The van der Waals surface area contributed by atoms with Gasteiger partial charge in [-0.2, -0.15) is 0 Å². The Morgan fingerprint density at radius 3 is 2.75 bits per heavy atom. The molecule has 0 aromatic carbocycles. The molecule has 86 valence electrons. The van der Waals surface area contributed by atoms with Crippen LogP contribution in [0.3, 0.4) is 0 Å². The van der Waals surface area contributed by atoms with Gasteiger partial charge in [-0.05, 0) is 6.07 Å². The largest absolute Gasteiger partial charge is 0.469 e. The second-order valence-corrected chi connectivity index (χ2v) is 2.89. The number of carbonyl (C=O) groups is 2. The van der Waals surface area contributed by atoms with E-state index in [0.29, 0.717) is 0 Å². The van der Waals surface area contributed by atoms with Crippen LogP contribution in [-0.4, -0.2) is 30.6 Å². The molecule has 0 aliphatic heterocycles. The minimum absolute atomic E-state index is 0.0146. The summed E-state index contributed by atoms with van der Waals surface area (Å²) in [6, 6.07) is 4.14. The monoisotopic (exact) mass is 225 g/mol. The second kappa shape index (κ2) is 5.69. The Morgan fingerprint density at radius 1 is 1.38 bits per heavy atom. The summed E-state index contributed by atoms with van der Waals surface area (Å²) >= 11 is 0. The summed E-state index contributed by atoms with van der Waals surface area (Å²) in [6.07, 6.45) is -0.0146.